The topological polar surface area (TPSA) is 34.1 Å². The third kappa shape index (κ3) is 4.48. The van der Waals surface area contributed by atoms with Gasteiger partial charge < -0.3 is 0 Å². The van der Waals surface area contributed by atoms with Crippen molar-refractivity contribution in [1.29, 1.82) is 0 Å². The fourth-order valence-electron chi connectivity index (χ4n) is 1.66. The molecule has 0 atom stereocenters. The molecule has 0 aliphatic carbocycles. The molecule has 1 radical (unpaired) electrons. The van der Waals surface area contributed by atoms with E-state index in [1.54, 1.807) is 36.4 Å². The molecule has 0 aliphatic rings. The number of aryl methyl sites for hydroxylation is 1. The maximum absolute atomic E-state index is 11.9. The van der Waals surface area contributed by atoms with Gasteiger partial charge in [-0.05, 0) is 6.92 Å². The second-order valence-corrected chi connectivity index (χ2v) is 4.18. The summed E-state index contributed by atoms with van der Waals surface area (Å²) in [6.45, 7) is 1.96. The molecular weight excluding hydrogens is 313 g/mol. The summed E-state index contributed by atoms with van der Waals surface area (Å²) < 4.78 is 0. The smallest absolute Gasteiger partial charge is 0.170 e. The Bertz CT molecular complexity index is 559. The number of Topliss-reactive ketones (excluding diaryl/α,β-unsaturated/α-hetero) is 2. The summed E-state index contributed by atoms with van der Waals surface area (Å²) in [5.41, 5.74) is 2.22. The van der Waals surface area contributed by atoms with Crippen LogP contribution in [0.15, 0.2) is 48.5 Å². The van der Waals surface area contributed by atoms with Gasteiger partial charge in [-0.25, -0.2) is 0 Å². The van der Waals surface area contributed by atoms with E-state index in [0.29, 0.717) is 11.1 Å². The van der Waals surface area contributed by atoms with E-state index in [0.717, 1.165) is 5.56 Å². The van der Waals surface area contributed by atoms with Gasteiger partial charge in [-0.2, -0.15) is 30.3 Å². The van der Waals surface area contributed by atoms with Crippen molar-refractivity contribution in [3.05, 3.63) is 71.3 Å². The van der Waals surface area contributed by atoms with E-state index >= 15 is 0 Å². The molecule has 0 amide bonds. The van der Waals surface area contributed by atoms with Crippen molar-refractivity contribution in [3.63, 3.8) is 0 Å². The van der Waals surface area contributed by atoms with Gasteiger partial charge in [0.25, 0.3) is 0 Å². The molecule has 0 fully saturated rings. The van der Waals surface area contributed by atoms with E-state index in [4.69, 9.17) is 0 Å². The molecule has 19 heavy (non-hydrogen) atoms. The Morgan fingerprint density at radius 1 is 0.895 bits per heavy atom. The Morgan fingerprint density at radius 2 is 1.37 bits per heavy atom. The molecule has 0 aromatic heterocycles. The molecule has 3 heteroatoms. The summed E-state index contributed by atoms with van der Waals surface area (Å²) in [5.74, 6) is -0.303. The van der Waals surface area contributed by atoms with E-state index in [2.05, 4.69) is 6.07 Å². The van der Waals surface area contributed by atoms with Crippen molar-refractivity contribution in [2.24, 2.45) is 0 Å². The third-order valence-corrected chi connectivity index (χ3v) is 2.73. The molecule has 0 saturated carbocycles. The monoisotopic (exact) mass is 326 g/mol. The number of ketones is 2. The summed E-state index contributed by atoms with van der Waals surface area (Å²) in [5, 5.41) is 0. The Labute approximate surface area is 138 Å². The first-order chi connectivity index (χ1) is 8.66. The zero-order valence-corrected chi connectivity index (χ0v) is 13.6. The van der Waals surface area contributed by atoms with E-state index in [-0.39, 0.29) is 50.7 Å². The molecule has 0 spiro atoms. The molecule has 2 nitrogen and oxygen atoms in total. The van der Waals surface area contributed by atoms with E-state index in [9.17, 15) is 9.59 Å². The molecule has 0 N–H and O–H groups in total. The second-order valence-electron chi connectivity index (χ2n) is 4.18. The van der Waals surface area contributed by atoms with Gasteiger partial charge in [0.15, 0.2) is 5.78 Å². The van der Waals surface area contributed by atoms with Crippen LogP contribution in [-0.2, 0) is 32.7 Å². The van der Waals surface area contributed by atoms with Crippen LogP contribution < -0.4 is 0 Å². The van der Waals surface area contributed by atoms with Crippen molar-refractivity contribution in [1.82, 2.24) is 0 Å². The molecule has 0 heterocycles. The molecule has 2 aromatic carbocycles. The number of hydrogen-bond donors (Lipinski definition) is 0. The van der Waals surface area contributed by atoms with Crippen LogP contribution in [0, 0.1) is 13.0 Å². The molecule has 0 bridgehead atoms. The average molecular weight is 326 g/mol. The van der Waals surface area contributed by atoms with E-state index in [1.165, 1.54) is 0 Å². The Balaban J connectivity index is 0.00000180. The van der Waals surface area contributed by atoms with Crippen LogP contribution in [-0.4, -0.2) is 11.6 Å². The van der Waals surface area contributed by atoms with Gasteiger partial charge in [0, 0.05) is 38.3 Å². The summed E-state index contributed by atoms with van der Waals surface area (Å²) in [6, 6.07) is 16.8. The van der Waals surface area contributed by atoms with Gasteiger partial charge in [-0.1, -0.05) is 35.4 Å². The molecule has 0 saturated heterocycles. The van der Waals surface area contributed by atoms with Gasteiger partial charge in [0.1, 0.15) is 5.78 Å². The minimum Gasteiger partial charge on any atom is -0.296 e. The Kier molecular flexibility index (Phi) is 6.26. The van der Waals surface area contributed by atoms with Gasteiger partial charge >= 0.3 is 0 Å². The number of benzene rings is 2. The van der Waals surface area contributed by atoms with Gasteiger partial charge in [-0.3, -0.25) is 9.59 Å². The predicted molar refractivity (Wildman–Crippen MR) is 69.7 cm³/mol. The van der Waals surface area contributed by atoms with Crippen LogP contribution in [0.25, 0.3) is 0 Å². The molecule has 2 rings (SSSR count). The number of rotatable bonds is 4. The largest absolute Gasteiger partial charge is 0.296 e. The van der Waals surface area contributed by atoms with Crippen LogP contribution in [0.5, 0.6) is 0 Å². The predicted octanol–water partition coefficient (Wildman–Crippen LogP) is 3.25. The fourth-order valence-corrected chi connectivity index (χ4v) is 1.66. The van der Waals surface area contributed by atoms with Crippen LogP contribution in [0.2, 0.25) is 0 Å². The molecule has 0 aliphatic heterocycles. The summed E-state index contributed by atoms with van der Waals surface area (Å²) in [6.07, 6.45) is -0.0902. The van der Waals surface area contributed by atoms with Crippen LogP contribution in [0.4, 0.5) is 0 Å². The van der Waals surface area contributed by atoms with Crippen LogP contribution in [0.1, 0.15) is 32.7 Å². The quantitative estimate of drug-likeness (QED) is 0.491. The fraction of sp³-hybridized carbons (Fsp3) is 0.125. The van der Waals surface area contributed by atoms with Gasteiger partial charge in [-0.15, -0.1) is 0 Å². The average Bonchev–Trinajstić information content (AvgIpc) is 2.40. The number of carbonyl (C=O) groups is 2. The first-order valence-electron chi connectivity index (χ1n) is 5.76. The first-order valence-corrected chi connectivity index (χ1v) is 5.76. The van der Waals surface area contributed by atoms with Crippen molar-refractivity contribution in [2.75, 3.05) is 0 Å². The second kappa shape index (κ2) is 7.47. The maximum atomic E-state index is 11.9. The minimum atomic E-state index is -0.158. The zero-order chi connectivity index (χ0) is 13.0. The Morgan fingerprint density at radius 3 is 1.89 bits per heavy atom. The summed E-state index contributed by atoms with van der Waals surface area (Å²) in [4.78, 5) is 23.8. The normalized spacial score (nSPS) is 9.53. The van der Waals surface area contributed by atoms with Crippen LogP contribution in [0.3, 0.4) is 0 Å². The third-order valence-electron chi connectivity index (χ3n) is 2.73. The number of hydrogen-bond acceptors (Lipinski definition) is 2. The van der Waals surface area contributed by atoms with Gasteiger partial charge in [0.05, 0.1) is 6.42 Å². The van der Waals surface area contributed by atoms with Crippen molar-refractivity contribution in [2.45, 2.75) is 13.3 Å². The SMILES string of the molecule is Cc1ccc(C(=O)CC(=O)c2cc[c-]cc2)cc1.[Y]. The molecule has 93 valence electrons. The molecular formula is C16H13O2Y-. The van der Waals surface area contributed by atoms with Crippen molar-refractivity contribution in [3.8, 4) is 0 Å². The van der Waals surface area contributed by atoms with Crippen molar-refractivity contribution >= 4 is 11.6 Å². The van der Waals surface area contributed by atoms with Crippen LogP contribution >= 0.6 is 0 Å². The molecule has 2 aromatic rings. The number of carbonyl (C=O) groups excluding carboxylic acids is 2. The minimum absolute atomic E-state index is 0. The molecule has 0 unspecified atom stereocenters. The maximum Gasteiger partial charge on any atom is 0.170 e. The Hall–Kier alpha value is -1.12. The first kappa shape index (κ1) is 15.9. The standard InChI is InChI=1S/C16H13O2.Y/c1-12-7-9-14(10-8-12)16(18)11-15(17)13-5-3-2-4-6-13;/h3-10H,11H2,1H3;/q-1;. The summed E-state index contributed by atoms with van der Waals surface area (Å²) >= 11 is 0. The van der Waals surface area contributed by atoms with E-state index < -0.39 is 0 Å². The van der Waals surface area contributed by atoms with Crippen molar-refractivity contribution < 1.29 is 42.3 Å². The van der Waals surface area contributed by atoms with E-state index in [1.807, 2.05) is 19.1 Å². The van der Waals surface area contributed by atoms with Gasteiger partial charge in [0.2, 0.25) is 0 Å². The summed E-state index contributed by atoms with van der Waals surface area (Å²) in [7, 11) is 0. The zero-order valence-electron chi connectivity index (χ0n) is 10.7.